The zero-order valence-corrected chi connectivity index (χ0v) is 18.3. The monoisotopic (exact) mass is 515 g/mol. The molecule has 0 aliphatic carbocycles. The highest BCUT2D eigenvalue weighted by Crippen LogP contribution is 2.72. The molecule has 3 N–H and O–H groups in total. The first-order chi connectivity index (χ1) is 14.5. The molecule has 0 bridgehead atoms. The molecule has 3 radical (unpaired) electrons. The van der Waals surface area contributed by atoms with Crippen molar-refractivity contribution in [1.29, 1.82) is 0 Å². The van der Waals surface area contributed by atoms with Gasteiger partial charge in [0.1, 0.15) is 12.0 Å². The van der Waals surface area contributed by atoms with Gasteiger partial charge < -0.3 is 60.5 Å². The molecule has 3 heterocycles. The van der Waals surface area contributed by atoms with Crippen LogP contribution in [0.1, 0.15) is 19.1 Å². The van der Waals surface area contributed by atoms with Crippen LogP contribution >= 0.6 is 22.7 Å². The quantitative estimate of drug-likeness (QED) is 0.329. The van der Waals surface area contributed by atoms with Crippen molar-refractivity contribution in [2.75, 3.05) is 12.3 Å². The van der Waals surface area contributed by atoms with Gasteiger partial charge in [-0.05, 0) is 12.8 Å². The fourth-order valence-corrected chi connectivity index (χ4v) is 6.55. The third kappa shape index (κ3) is 4.91. The van der Waals surface area contributed by atoms with Crippen LogP contribution in [0.3, 0.4) is 0 Å². The van der Waals surface area contributed by atoms with Gasteiger partial charge in [0.15, 0.2) is 5.52 Å². The standard InChI is InChI=1S/C12H16BF2N4O10P3/c13-32(26,29-31(24,25)12(14,15)30(21,22)23)27-4-6-1-2-9(28-6)19-5-17-10-7(19)3-8(16)18-11(10)20/h3,5-6,9H,1-2,4H2,(H,24,25)(H3,16,18,20)(H2,21,22,23)/q-1/p-3. The van der Waals surface area contributed by atoms with Crippen LogP contribution in [0.15, 0.2) is 17.2 Å². The molecule has 20 heteroatoms. The zero-order chi connectivity index (χ0) is 24.1. The van der Waals surface area contributed by atoms with E-state index in [9.17, 15) is 42.0 Å². The fourth-order valence-electron chi connectivity index (χ4n) is 2.87. The molecule has 0 saturated carbocycles. The summed E-state index contributed by atoms with van der Waals surface area (Å²) in [7, 11) is -14.2. The van der Waals surface area contributed by atoms with E-state index >= 15 is 0 Å². The fraction of sp³-hybridized carbons (Fsp3) is 0.500. The summed E-state index contributed by atoms with van der Waals surface area (Å²) in [5.74, 6) is 0.0721. The minimum atomic E-state index is -7.01. The topological polar surface area (TPSA) is 225 Å². The second kappa shape index (κ2) is 8.42. The molecule has 1 fully saturated rings. The lowest BCUT2D eigenvalue weighted by atomic mass is 10.2. The van der Waals surface area contributed by atoms with E-state index < -0.39 is 52.6 Å². The van der Waals surface area contributed by atoms with Crippen LogP contribution in [0.2, 0.25) is 0 Å². The number of imidazole rings is 1. The van der Waals surface area contributed by atoms with Crippen molar-refractivity contribution in [3.05, 3.63) is 22.7 Å². The minimum absolute atomic E-state index is 0.0721. The Hall–Kier alpha value is -1.41. The maximum absolute atomic E-state index is 13.3. The molecule has 1 aliphatic heterocycles. The van der Waals surface area contributed by atoms with Crippen LogP contribution in [-0.2, 0) is 27.3 Å². The molecule has 177 valence electrons. The van der Waals surface area contributed by atoms with Gasteiger partial charge in [-0.2, -0.15) is 8.78 Å². The predicted molar refractivity (Wildman–Crippen MR) is 98.5 cm³/mol. The number of rotatable bonds is 8. The Labute approximate surface area is 178 Å². The normalized spacial score (nSPS) is 23.8. The average Bonchev–Trinajstić information content (AvgIpc) is 3.24. The Morgan fingerprint density at radius 1 is 1.34 bits per heavy atom. The molecule has 0 aromatic carbocycles. The Kier molecular flexibility index (Phi) is 6.64. The number of hydrogen-bond acceptors (Lipinski definition) is 12. The van der Waals surface area contributed by atoms with E-state index in [0.717, 1.165) is 0 Å². The number of aromatic amines is 1. The number of nitrogens with two attached hydrogens (primary N) is 1. The van der Waals surface area contributed by atoms with Crippen LogP contribution in [-0.4, -0.2) is 40.2 Å². The van der Waals surface area contributed by atoms with Crippen LogP contribution in [0.5, 0.6) is 0 Å². The molecule has 32 heavy (non-hydrogen) atoms. The number of hydrogen-bond donors (Lipinski definition) is 2. The van der Waals surface area contributed by atoms with Crippen molar-refractivity contribution in [1.82, 2.24) is 14.5 Å². The third-order valence-electron chi connectivity index (χ3n) is 4.31. The van der Waals surface area contributed by atoms with Crippen molar-refractivity contribution in [3.8, 4) is 0 Å². The van der Waals surface area contributed by atoms with E-state index in [1.165, 1.54) is 17.0 Å². The van der Waals surface area contributed by atoms with Gasteiger partial charge in [-0.1, -0.05) is 0 Å². The van der Waals surface area contributed by atoms with Crippen LogP contribution in [0, 0.1) is 0 Å². The van der Waals surface area contributed by atoms with E-state index in [-0.39, 0.29) is 17.8 Å². The van der Waals surface area contributed by atoms with Crippen LogP contribution < -0.4 is 26.0 Å². The third-order valence-corrected chi connectivity index (χ3v) is 9.38. The highest BCUT2D eigenvalue weighted by molar-refractivity contribution is 7.85. The maximum Gasteiger partial charge on any atom is 0.332 e. The number of fused-ring (bicyclic) bond motifs is 1. The van der Waals surface area contributed by atoms with Crippen molar-refractivity contribution in [2.45, 2.75) is 30.6 Å². The average molecular weight is 515 g/mol. The van der Waals surface area contributed by atoms with Gasteiger partial charge in [0, 0.05) is 13.7 Å². The Bertz CT molecular complexity index is 1230. The largest absolute Gasteiger partial charge is 0.806 e. The molecule has 0 spiro atoms. The summed E-state index contributed by atoms with van der Waals surface area (Å²) in [4.78, 5) is 50.5. The number of alkyl halides is 2. The SMILES string of the molecule is [B-]P(=O)(OCC1CCC(n2cnc3c(=O)[nH]c(N)cc32)O1)OP(=O)([O-])C(F)(F)P(=O)([O-])[O-]. The summed E-state index contributed by atoms with van der Waals surface area (Å²) in [6, 6.07) is 1.44. The second-order valence-electron chi connectivity index (χ2n) is 6.65. The van der Waals surface area contributed by atoms with Crippen molar-refractivity contribution < 1.29 is 50.7 Å². The number of halogens is 2. The first kappa shape index (κ1) is 25.2. The van der Waals surface area contributed by atoms with E-state index in [0.29, 0.717) is 11.9 Å². The molecule has 1 aliphatic rings. The summed E-state index contributed by atoms with van der Waals surface area (Å²) < 4.78 is 75.5. The van der Waals surface area contributed by atoms with Crippen LogP contribution in [0.25, 0.3) is 11.0 Å². The first-order valence-corrected chi connectivity index (χ1v) is 13.2. The van der Waals surface area contributed by atoms with Gasteiger partial charge in [-0.25, -0.2) is 4.98 Å². The van der Waals surface area contributed by atoms with E-state index in [4.69, 9.17) is 18.0 Å². The summed E-state index contributed by atoms with van der Waals surface area (Å²) >= 11 is 0. The second-order valence-corrected chi connectivity index (χ2v) is 12.1. The van der Waals surface area contributed by atoms with Gasteiger partial charge in [-0.3, -0.25) is 9.11 Å². The molecule has 4 unspecified atom stereocenters. The molecule has 2 aromatic rings. The number of nitrogens with one attached hydrogen (secondary N) is 1. The summed E-state index contributed by atoms with van der Waals surface area (Å²) in [6.45, 7) is -0.697. The van der Waals surface area contributed by atoms with E-state index in [1.54, 1.807) is 0 Å². The van der Waals surface area contributed by atoms with Gasteiger partial charge in [0.2, 0.25) is 7.60 Å². The number of nitrogen functional groups attached to an aromatic ring is 1. The molecule has 1 saturated heterocycles. The highest BCUT2D eigenvalue weighted by Gasteiger charge is 2.48. The van der Waals surface area contributed by atoms with Gasteiger partial charge in [0.25, 0.3) is 5.56 Å². The number of anilines is 1. The molecule has 3 rings (SSSR count). The molecular formula is C12H13BF2N4O10P3-4. The minimum Gasteiger partial charge on any atom is -0.806 e. The number of ether oxygens (including phenoxy) is 1. The van der Waals surface area contributed by atoms with Gasteiger partial charge in [-0.15, -0.1) is 0 Å². The van der Waals surface area contributed by atoms with Gasteiger partial charge in [0.05, 0.1) is 32.0 Å². The predicted octanol–water partition coefficient (Wildman–Crippen LogP) is -0.688. The molecule has 14 nitrogen and oxygen atoms in total. The number of aromatic nitrogens is 3. The van der Waals surface area contributed by atoms with Crippen molar-refractivity contribution >= 4 is 47.1 Å². The Morgan fingerprint density at radius 3 is 2.62 bits per heavy atom. The van der Waals surface area contributed by atoms with Gasteiger partial charge >= 0.3 is 5.40 Å². The van der Waals surface area contributed by atoms with E-state index in [2.05, 4.69) is 18.8 Å². The van der Waals surface area contributed by atoms with Crippen LogP contribution in [0.4, 0.5) is 14.6 Å². The summed E-state index contributed by atoms with van der Waals surface area (Å²) in [5, 5.41) is -5.89. The molecule has 2 aromatic heterocycles. The number of nitrogens with zero attached hydrogens (tertiary/aromatic N) is 2. The zero-order valence-electron chi connectivity index (χ0n) is 15.7. The maximum atomic E-state index is 13.3. The lowest BCUT2D eigenvalue weighted by Crippen LogP contribution is -2.35. The summed E-state index contributed by atoms with van der Waals surface area (Å²) in [5.41, 5.74) is 5.51. The number of pyridine rings is 1. The van der Waals surface area contributed by atoms with Crippen molar-refractivity contribution in [2.24, 2.45) is 0 Å². The Morgan fingerprint density at radius 2 is 2.00 bits per heavy atom. The first-order valence-electron chi connectivity index (χ1n) is 8.50. The van der Waals surface area contributed by atoms with Crippen molar-refractivity contribution in [3.63, 3.8) is 0 Å². The lowest BCUT2D eigenvalue weighted by molar-refractivity contribution is -0.331. The lowest BCUT2D eigenvalue weighted by Gasteiger charge is -2.46. The molecule has 0 amide bonds. The molecular weight excluding hydrogens is 502 g/mol. The Balaban J connectivity index is 1.65. The molecule has 4 atom stereocenters. The smallest absolute Gasteiger partial charge is 0.332 e. The van der Waals surface area contributed by atoms with E-state index in [1.807, 2.05) is 0 Å². The summed E-state index contributed by atoms with van der Waals surface area (Å²) in [6.07, 6.45) is 0.271. The number of H-pyrrole nitrogens is 1. The highest BCUT2D eigenvalue weighted by atomic mass is 31.3.